The molecule has 2 rings (SSSR count). The van der Waals surface area contributed by atoms with Crippen LogP contribution in [0.2, 0.25) is 5.02 Å². The Balaban J connectivity index is 2.60. The number of alkyl halides is 1. The minimum atomic E-state index is -0.582. The highest BCUT2D eigenvalue weighted by atomic mass is 79.9. The lowest BCUT2D eigenvalue weighted by Gasteiger charge is -2.47. The Hall–Kier alpha value is -0.540. The molecule has 1 aromatic rings. The van der Waals surface area contributed by atoms with Crippen LogP contribution in [0.1, 0.15) is 52.5 Å². The van der Waals surface area contributed by atoms with Gasteiger partial charge in [0.25, 0.3) is 0 Å². The van der Waals surface area contributed by atoms with Crippen molar-refractivity contribution in [3.05, 3.63) is 28.8 Å². The van der Waals surface area contributed by atoms with E-state index in [9.17, 15) is 4.79 Å². The molecule has 1 heterocycles. The summed E-state index contributed by atoms with van der Waals surface area (Å²) in [7, 11) is 0. The third kappa shape index (κ3) is 2.75. The van der Waals surface area contributed by atoms with Crippen LogP contribution in [0.25, 0.3) is 0 Å². The van der Waals surface area contributed by atoms with Crippen molar-refractivity contribution in [3.63, 3.8) is 0 Å². The van der Waals surface area contributed by atoms with Crippen molar-refractivity contribution in [2.45, 2.75) is 56.8 Å². The van der Waals surface area contributed by atoms with Crippen LogP contribution in [-0.2, 0) is 4.79 Å². The zero-order valence-electron chi connectivity index (χ0n) is 12.6. The molecule has 20 heavy (non-hydrogen) atoms. The standard InChI is InChI=1S/C16H21BrClNO/c1-10-9-15(2,3)19(14(20)16(4,5)17)13-7-6-11(18)8-12(10)13/h6-8,10H,9H2,1-5H3. The van der Waals surface area contributed by atoms with E-state index in [2.05, 4.69) is 36.7 Å². The summed E-state index contributed by atoms with van der Waals surface area (Å²) in [4.78, 5) is 14.8. The van der Waals surface area contributed by atoms with Gasteiger partial charge in [0, 0.05) is 16.2 Å². The number of rotatable bonds is 1. The summed E-state index contributed by atoms with van der Waals surface area (Å²) in [6, 6.07) is 5.81. The van der Waals surface area contributed by atoms with Gasteiger partial charge >= 0.3 is 0 Å². The highest BCUT2D eigenvalue weighted by Gasteiger charge is 2.43. The highest BCUT2D eigenvalue weighted by Crippen LogP contribution is 2.45. The molecular formula is C16H21BrClNO. The number of anilines is 1. The molecule has 1 aromatic carbocycles. The topological polar surface area (TPSA) is 20.3 Å². The number of fused-ring (bicyclic) bond motifs is 1. The van der Waals surface area contributed by atoms with Gasteiger partial charge < -0.3 is 4.90 Å². The summed E-state index contributed by atoms with van der Waals surface area (Å²) in [6.45, 7) is 10.2. The number of nitrogens with zero attached hydrogens (tertiary/aromatic N) is 1. The maximum absolute atomic E-state index is 12.8. The van der Waals surface area contributed by atoms with Gasteiger partial charge in [-0.3, -0.25) is 4.79 Å². The molecule has 1 unspecified atom stereocenters. The number of benzene rings is 1. The minimum Gasteiger partial charge on any atom is -0.305 e. The Morgan fingerprint density at radius 2 is 2.05 bits per heavy atom. The van der Waals surface area contributed by atoms with Gasteiger partial charge in [-0.05, 0) is 63.8 Å². The van der Waals surface area contributed by atoms with Gasteiger partial charge in [-0.2, -0.15) is 0 Å². The van der Waals surface area contributed by atoms with Gasteiger partial charge in [-0.1, -0.05) is 34.5 Å². The number of carbonyl (C=O) groups excluding carboxylic acids is 1. The average Bonchev–Trinajstić information content (AvgIpc) is 2.27. The summed E-state index contributed by atoms with van der Waals surface area (Å²) in [5.74, 6) is 0.471. The van der Waals surface area contributed by atoms with Crippen molar-refractivity contribution in [3.8, 4) is 0 Å². The zero-order chi connectivity index (χ0) is 15.3. The smallest absolute Gasteiger partial charge is 0.243 e. The van der Waals surface area contributed by atoms with E-state index in [1.165, 1.54) is 0 Å². The molecule has 110 valence electrons. The SMILES string of the molecule is CC1CC(C)(C)N(C(=O)C(C)(C)Br)c2ccc(Cl)cc21. The van der Waals surface area contributed by atoms with Gasteiger partial charge in [0.2, 0.25) is 5.91 Å². The second kappa shape index (κ2) is 5.03. The van der Waals surface area contributed by atoms with E-state index in [-0.39, 0.29) is 11.4 Å². The van der Waals surface area contributed by atoms with Crippen LogP contribution in [0.15, 0.2) is 18.2 Å². The van der Waals surface area contributed by atoms with Crippen LogP contribution in [0, 0.1) is 0 Å². The molecule has 1 aliphatic heterocycles. The maximum atomic E-state index is 12.8. The monoisotopic (exact) mass is 357 g/mol. The van der Waals surface area contributed by atoms with E-state index in [1.807, 2.05) is 36.9 Å². The predicted molar refractivity (Wildman–Crippen MR) is 89.1 cm³/mol. The van der Waals surface area contributed by atoms with Gasteiger partial charge in [-0.25, -0.2) is 0 Å². The first-order valence-electron chi connectivity index (χ1n) is 6.87. The molecule has 1 aliphatic rings. The van der Waals surface area contributed by atoms with Crippen LogP contribution in [0.3, 0.4) is 0 Å². The Bertz CT molecular complexity index is 548. The van der Waals surface area contributed by atoms with Crippen LogP contribution in [0.4, 0.5) is 5.69 Å². The molecule has 0 radical (unpaired) electrons. The molecule has 0 aliphatic carbocycles. The largest absolute Gasteiger partial charge is 0.305 e. The van der Waals surface area contributed by atoms with Gasteiger partial charge in [0.1, 0.15) is 0 Å². The summed E-state index contributed by atoms with van der Waals surface area (Å²) in [6.07, 6.45) is 0.926. The number of halogens is 2. The second-order valence-electron chi connectivity index (χ2n) is 6.73. The Morgan fingerprint density at radius 3 is 2.60 bits per heavy atom. The third-order valence-electron chi connectivity index (χ3n) is 3.88. The first-order valence-corrected chi connectivity index (χ1v) is 8.04. The molecule has 0 spiro atoms. The van der Waals surface area contributed by atoms with Crippen molar-refractivity contribution in [1.29, 1.82) is 0 Å². The van der Waals surface area contributed by atoms with E-state index in [1.54, 1.807) is 0 Å². The first kappa shape index (κ1) is 15.8. The van der Waals surface area contributed by atoms with E-state index in [4.69, 9.17) is 11.6 Å². The van der Waals surface area contributed by atoms with Crippen molar-refractivity contribution >= 4 is 39.1 Å². The van der Waals surface area contributed by atoms with Crippen LogP contribution in [-0.4, -0.2) is 15.8 Å². The number of carbonyl (C=O) groups is 1. The summed E-state index contributed by atoms with van der Waals surface area (Å²) >= 11 is 9.61. The van der Waals surface area contributed by atoms with Gasteiger partial charge in [-0.15, -0.1) is 0 Å². The lowest BCUT2D eigenvalue weighted by molar-refractivity contribution is -0.121. The molecule has 1 atom stereocenters. The molecule has 0 saturated carbocycles. The van der Waals surface area contributed by atoms with Crippen molar-refractivity contribution in [2.24, 2.45) is 0 Å². The molecule has 2 nitrogen and oxygen atoms in total. The van der Waals surface area contributed by atoms with Gasteiger partial charge in [0.05, 0.1) is 4.32 Å². The highest BCUT2D eigenvalue weighted by molar-refractivity contribution is 9.10. The Labute approximate surface area is 134 Å². The summed E-state index contributed by atoms with van der Waals surface area (Å²) < 4.78 is -0.582. The Morgan fingerprint density at radius 1 is 1.45 bits per heavy atom. The molecular weight excluding hydrogens is 338 g/mol. The zero-order valence-corrected chi connectivity index (χ0v) is 15.0. The van der Waals surface area contributed by atoms with Crippen LogP contribution >= 0.6 is 27.5 Å². The fraction of sp³-hybridized carbons (Fsp3) is 0.562. The van der Waals surface area contributed by atoms with E-state index < -0.39 is 4.32 Å². The average molecular weight is 359 g/mol. The van der Waals surface area contributed by atoms with Crippen LogP contribution in [0.5, 0.6) is 0 Å². The lowest BCUT2D eigenvalue weighted by Crippen LogP contribution is -2.56. The Kier molecular flexibility index (Phi) is 3.98. The molecule has 1 amide bonds. The fourth-order valence-corrected chi connectivity index (χ4v) is 3.41. The fourth-order valence-electron chi connectivity index (χ4n) is 3.05. The first-order chi connectivity index (χ1) is 9.04. The lowest BCUT2D eigenvalue weighted by atomic mass is 9.79. The molecule has 0 saturated heterocycles. The van der Waals surface area contributed by atoms with Crippen molar-refractivity contribution in [2.75, 3.05) is 4.90 Å². The number of hydrogen-bond donors (Lipinski definition) is 0. The van der Waals surface area contributed by atoms with Crippen LogP contribution < -0.4 is 4.90 Å². The molecule has 0 bridgehead atoms. The maximum Gasteiger partial charge on any atom is 0.243 e. The quantitative estimate of drug-likeness (QED) is 0.637. The normalized spacial score (nSPS) is 21.6. The second-order valence-corrected chi connectivity index (χ2v) is 9.15. The molecule has 0 aromatic heterocycles. The van der Waals surface area contributed by atoms with E-state index >= 15 is 0 Å². The molecule has 0 N–H and O–H groups in total. The van der Waals surface area contributed by atoms with E-state index in [0.29, 0.717) is 5.92 Å². The predicted octanol–water partition coefficient (Wildman–Crippen LogP) is 5.13. The van der Waals surface area contributed by atoms with E-state index in [0.717, 1.165) is 22.7 Å². The summed E-state index contributed by atoms with van der Waals surface area (Å²) in [5, 5.41) is 0.723. The molecule has 0 fully saturated rings. The molecule has 4 heteroatoms. The van der Waals surface area contributed by atoms with Gasteiger partial charge in [0.15, 0.2) is 0 Å². The number of amides is 1. The number of hydrogen-bond acceptors (Lipinski definition) is 1. The van der Waals surface area contributed by atoms with Crippen molar-refractivity contribution in [1.82, 2.24) is 0 Å². The third-order valence-corrected chi connectivity index (χ3v) is 4.46. The minimum absolute atomic E-state index is 0.0815. The summed E-state index contributed by atoms with van der Waals surface area (Å²) in [5.41, 5.74) is 1.93. The van der Waals surface area contributed by atoms with Crippen molar-refractivity contribution < 1.29 is 4.79 Å².